The Labute approximate surface area is 119 Å². The molecule has 1 unspecified atom stereocenters. The highest BCUT2D eigenvalue weighted by Gasteiger charge is 2.37. The van der Waals surface area contributed by atoms with Gasteiger partial charge in [0.2, 0.25) is 5.91 Å². The number of carboxylic acid groups (broad SMARTS) is 1. The first kappa shape index (κ1) is 16.0. The van der Waals surface area contributed by atoms with Gasteiger partial charge in [0.25, 0.3) is 0 Å². The number of hydrogen-bond acceptors (Lipinski definition) is 3. The van der Waals surface area contributed by atoms with Crippen LogP contribution in [0.2, 0.25) is 0 Å². The van der Waals surface area contributed by atoms with Gasteiger partial charge in [-0.25, -0.2) is 0 Å². The van der Waals surface area contributed by atoms with Crippen molar-refractivity contribution in [1.29, 1.82) is 0 Å². The molecule has 1 atom stereocenters. The molecule has 2 N–H and O–H groups in total. The molecule has 0 aliphatic rings. The third-order valence-electron chi connectivity index (χ3n) is 3.01. The molecule has 0 heterocycles. The van der Waals surface area contributed by atoms with Crippen LogP contribution in [0.1, 0.15) is 20.8 Å². The number of anilines is 2. The van der Waals surface area contributed by atoms with Crippen molar-refractivity contribution in [2.45, 2.75) is 20.8 Å². The van der Waals surface area contributed by atoms with Crippen molar-refractivity contribution >= 4 is 23.3 Å². The van der Waals surface area contributed by atoms with Gasteiger partial charge in [0.05, 0.1) is 0 Å². The van der Waals surface area contributed by atoms with Gasteiger partial charge in [-0.2, -0.15) is 0 Å². The van der Waals surface area contributed by atoms with Crippen molar-refractivity contribution in [2.75, 3.05) is 24.3 Å². The van der Waals surface area contributed by atoms with E-state index in [1.165, 1.54) is 0 Å². The number of aliphatic carboxylic acids is 1. The van der Waals surface area contributed by atoms with E-state index in [0.29, 0.717) is 5.69 Å². The third kappa shape index (κ3) is 3.98. The van der Waals surface area contributed by atoms with Crippen LogP contribution in [0, 0.1) is 11.3 Å². The lowest BCUT2D eigenvalue weighted by molar-refractivity contribution is -0.149. The van der Waals surface area contributed by atoms with Gasteiger partial charge in [-0.3, -0.25) is 9.59 Å². The van der Waals surface area contributed by atoms with E-state index in [9.17, 15) is 14.7 Å². The van der Waals surface area contributed by atoms with Gasteiger partial charge in [0.1, 0.15) is 5.92 Å². The molecule has 1 rings (SSSR count). The number of carboxylic acids is 1. The summed E-state index contributed by atoms with van der Waals surface area (Å²) in [5.41, 5.74) is 0.886. The summed E-state index contributed by atoms with van der Waals surface area (Å²) in [7, 11) is 3.80. The average Bonchev–Trinajstić information content (AvgIpc) is 2.26. The Balaban J connectivity index is 2.94. The van der Waals surface area contributed by atoms with Crippen molar-refractivity contribution in [1.82, 2.24) is 0 Å². The summed E-state index contributed by atoms with van der Waals surface area (Å²) < 4.78 is 0. The van der Waals surface area contributed by atoms with Gasteiger partial charge >= 0.3 is 5.97 Å². The standard InChI is InChI=1S/C15H22N2O3/c1-15(2,3)12(14(19)20)13(18)16-10-7-6-8-11(9-10)17(4)5/h6-9,12H,1-5H3,(H,16,18)(H,19,20). The molecule has 0 saturated heterocycles. The lowest BCUT2D eigenvalue weighted by Crippen LogP contribution is -2.39. The van der Waals surface area contributed by atoms with Crippen molar-refractivity contribution in [3.8, 4) is 0 Å². The molecule has 20 heavy (non-hydrogen) atoms. The highest BCUT2D eigenvalue weighted by Crippen LogP contribution is 2.28. The van der Waals surface area contributed by atoms with E-state index in [2.05, 4.69) is 5.32 Å². The maximum Gasteiger partial charge on any atom is 0.316 e. The quantitative estimate of drug-likeness (QED) is 0.830. The highest BCUT2D eigenvalue weighted by molar-refractivity contribution is 6.05. The summed E-state index contributed by atoms with van der Waals surface area (Å²) in [6.07, 6.45) is 0. The van der Waals surface area contributed by atoms with Crippen LogP contribution in [0.25, 0.3) is 0 Å². The fourth-order valence-corrected chi connectivity index (χ4v) is 1.95. The lowest BCUT2D eigenvalue weighted by Gasteiger charge is -2.26. The van der Waals surface area contributed by atoms with Crippen molar-refractivity contribution in [3.05, 3.63) is 24.3 Å². The molecule has 0 aliphatic carbocycles. The largest absolute Gasteiger partial charge is 0.481 e. The van der Waals surface area contributed by atoms with Crippen LogP contribution in [0.5, 0.6) is 0 Å². The summed E-state index contributed by atoms with van der Waals surface area (Å²) in [6, 6.07) is 7.28. The first-order valence-electron chi connectivity index (χ1n) is 6.44. The number of benzene rings is 1. The molecule has 0 aliphatic heterocycles. The molecule has 0 bridgehead atoms. The second-order valence-corrected chi connectivity index (χ2v) is 6.07. The molecule has 110 valence electrons. The fourth-order valence-electron chi connectivity index (χ4n) is 1.95. The monoisotopic (exact) mass is 278 g/mol. The zero-order valence-electron chi connectivity index (χ0n) is 12.6. The van der Waals surface area contributed by atoms with E-state index in [-0.39, 0.29) is 0 Å². The van der Waals surface area contributed by atoms with Crippen LogP contribution in [0.3, 0.4) is 0 Å². The molecule has 5 heteroatoms. The molecule has 5 nitrogen and oxygen atoms in total. The maximum atomic E-state index is 12.2. The Morgan fingerprint density at radius 3 is 2.30 bits per heavy atom. The van der Waals surface area contributed by atoms with E-state index in [1.807, 2.05) is 31.1 Å². The number of carbonyl (C=O) groups is 2. The zero-order valence-corrected chi connectivity index (χ0v) is 12.6. The van der Waals surface area contributed by atoms with Crippen LogP contribution >= 0.6 is 0 Å². The van der Waals surface area contributed by atoms with Gasteiger partial charge in [-0.1, -0.05) is 26.8 Å². The first-order chi connectivity index (χ1) is 9.12. The SMILES string of the molecule is CN(C)c1cccc(NC(=O)C(C(=O)O)C(C)(C)C)c1. The number of hydrogen-bond donors (Lipinski definition) is 2. The predicted octanol–water partition coefficient (Wildman–Crippen LogP) is 2.44. The van der Waals surface area contributed by atoms with Gasteiger partial charge in [-0.15, -0.1) is 0 Å². The van der Waals surface area contributed by atoms with Gasteiger partial charge in [0.15, 0.2) is 0 Å². The summed E-state index contributed by atoms with van der Waals surface area (Å²) in [6.45, 7) is 5.21. The minimum absolute atomic E-state index is 0.499. The Kier molecular flexibility index (Phi) is 4.76. The van der Waals surface area contributed by atoms with Gasteiger partial charge in [-0.05, 0) is 23.6 Å². The molecule has 1 amide bonds. The molecule has 0 spiro atoms. The highest BCUT2D eigenvalue weighted by atomic mass is 16.4. The second kappa shape index (κ2) is 5.94. The van der Waals surface area contributed by atoms with Crippen molar-refractivity contribution in [3.63, 3.8) is 0 Å². The van der Waals surface area contributed by atoms with Crippen LogP contribution in [0.15, 0.2) is 24.3 Å². The van der Waals surface area contributed by atoms with E-state index in [1.54, 1.807) is 32.9 Å². The molecule has 0 radical (unpaired) electrons. The minimum atomic E-state index is -1.11. The second-order valence-electron chi connectivity index (χ2n) is 6.07. The van der Waals surface area contributed by atoms with Gasteiger partial charge in [0, 0.05) is 25.5 Å². The van der Waals surface area contributed by atoms with Crippen molar-refractivity contribution < 1.29 is 14.7 Å². The van der Waals surface area contributed by atoms with Crippen molar-refractivity contribution in [2.24, 2.45) is 11.3 Å². The molecule has 1 aromatic rings. The van der Waals surface area contributed by atoms with Crippen LogP contribution < -0.4 is 10.2 Å². The maximum absolute atomic E-state index is 12.2. The fraction of sp³-hybridized carbons (Fsp3) is 0.467. The van der Waals surface area contributed by atoms with Gasteiger partial charge < -0.3 is 15.3 Å². The predicted molar refractivity (Wildman–Crippen MR) is 80.0 cm³/mol. The average molecular weight is 278 g/mol. The summed E-state index contributed by atoms with van der Waals surface area (Å²) >= 11 is 0. The Bertz CT molecular complexity index is 504. The molecular formula is C15H22N2O3. The van der Waals surface area contributed by atoms with Crippen LogP contribution in [-0.4, -0.2) is 31.1 Å². The molecular weight excluding hydrogens is 256 g/mol. The van der Waals surface area contributed by atoms with E-state index >= 15 is 0 Å². The number of nitrogens with zero attached hydrogens (tertiary/aromatic N) is 1. The van der Waals surface area contributed by atoms with Crippen LogP contribution in [0.4, 0.5) is 11.4 Å². The van der Waals surface area contributed by atoms with E-state index in [4.69, 9.17) is 0 Å². The number of amides is 1. The number of nitrogens with one attached hydrogen (secondary N) is 1. The van der Waals surface area contributed by atoms with E-state index in [0.717, 1.165) is 5.69 Å². The normalized spacial score (nSPS) is 12.7. The Hall–Kier alpha value is -2.04. The third-order valence-corrected chi connectivity index (χ3v) is 3.01. The number of rotatable bonds is 4. The van der Waals surface area contributed by atoms with E-state index < -0.39 is 23.2 Å². The molecule has 0 aromatic heterocycles. The molecule has 0 fully saturated rings. The summed E-state index contributed by atoms with van der Waals surface area (Å²) in [4.78, 5) is 25.4. The molecule has 0 saturated carbocycles. The minimum Gasteiger partial charge on any atom is -0.481 e. The topological polar surface area (TPSA) is 69.6 Å². The molecule has 1 aromatic carbocycles. The zero-order chi connectivity index (χ0) is 15.5. The Morgan fingerprint density at radius 2 is 1.85 bits per heavy atom. The Morgan fingerprint density at radius 1 is 1.25 bits per heavy atom. The smallest absolute Gasteiger partial charge is 0.316 e. The first-order valence-corrected chi connectivity index (χ1v) is 6.44. The summed E-state index contributed by atoms with van der Waals surface area (Å²) in [5.74, 6) is -2.70. The number of carbonyl (C=O) groups excluding carboxylic acids is 1. The summed E-state index contributed by atoms with van der Waals surface area (Å²) in [5, 5.41) is 11.9. The lowest BCUT2D eigenvalue weighted by atomic mass is 9.80. The van der Waals surface area contributed by atoms with Crippen LogP contribution in [-0.2, 0) is 9.59 Å².